The van der Waals surface area contributed by atoms with Gasteiger partial charge >= 0.3 is 0 Å². The third kappa shape index (κ3) is 3.46. The first-order chi connectivity index (χ1) is 8.15. The second-order valence-electron chi connectivity index (χ2n) is 4.39. The Morgan fingerprint density at radius 1 is 1.24 bits per heavy atom. The van der Waals surface area contributed by atoms with Crippen molar-refractivity contribution in [2.75, 3.05) is 19.6 Å². The summed E-state index contributed by atoms with van der Waals surface area (Å²) < 4.78 is 25.8. The van der Waals surface area contributed by atoms with E-state index in [1.165, 1.54) is 12.1 Å². The maximum atomic E-state index is 12.9. The van der Waals surface area contributed by atoms with Crippen LogP contribution in [0.4, 0.5) is 8.78 Å². The van der Waals surface area contributed by atoms with Gasteiger partial charge in [-0.25, -0.2) is 8.78 Å². The summed E-state index contributed by atoms with van der Waals surface area (Å²) in [6.07, 6.45) is -0.341. The first-order valence-electron chi connectivity index (χ1n) is 5.69. The van der Waals surface area contributed by atoms with Crippen LogP contribution in [0.5, 0.6) is 0 Å². The minimum Gasteiger partial charge on any atom is -0.391 e. The van der Waals surface area contributed by atoms with Crippen molar-refractivity contribution in [3.05, 3.63) is 35.4 Å². The summed E-state index contributed by atoms with van der Waals surface area (Å²) in [7, 11) is 0. The van der Waals surface area contributed by atoms with Crippen molar-refractivity contribution in [3.63, 3.8) is 0 Å². The van der Waals surface area contributed by atoms with E-state index < -0.39 is 11.6 Å². The fraction of sp³-hybridized carbons (Fsp3) is 0.500. The van der Waals surface area contributed by atoms with Crippen molar-refractivity contribution in [3.8, 4) is 0 Å². The van der Waals surface area contributed by atoms with Gasteiger partial charge in [0.05, 0.1) is 6.10 Å². The molecule has 2 atom stereocenters. The first kappa shape index (κ1) is 12.4. The molecule has 0 spiro atoms. The fourth-order valence-electron chi connectivity index (χ4n) is 2.04. The first-order valence-corrected chi connectivity index (χ1v) is 5.69. The predicted molar refractivity (Wildman–Crippen MR) is 60.4 cm³/mol. The van der Waals surface area contributed by atoms with Crippen LogP contribution < -0.4 is 10.6 Å². The number of nitrogens with one attached hydrogen (secondary N) is 2. The largest absolute Gasteiger partial charge is 0.391 e. The lowest BCUT2D eigenvalue weighted by Gasteiger charge is -2.14. The Bertz CT molecular complexity index is 367. The Hall–Kier alpha value is -1.04. The number of benzene rings is 1. The smallest absolute Gasteiger partial charge is 0.126 e. The molecule has 0 radical (unpaired) electrons. The Morgan fingerprint density at radius 2 is 1.94 bits per heavy atom. The van der Waals surface area contributed by atoms with Crippen molar-refractivity contribution in [1.82, 2.24) is 10.6 Å². The van der Waals surface area contributed by atoms with Gasteiger partial charge in [-0.05, 0) is 17.7 Å². The average molecular weight is 242 g/mol. The van der Waals surface area contributed by atoms with E-state index in [0.29, 0.717) is 25.2 Å². The molecule has 1 aliphatic heterocycles. The molecule has 17 heavy (non-hydrogen) atoms. The van der Waals surface area contributed by atoms with E-state index >= 15 is 0 Å². The molecule has 0 aliphatic carbocycles. The molecule has 5 heteroatoms. The maximum absolute atomic E-state index is 12.9. The van der Waals surface area contributed by atoms with Crippen LogP contribution in [-0.2, 0) is 6.54 Å². The zero-order valence-electron chi connectivity index (χ0n) is 9.42. The van der Waals surface area contributed by atoms with Crippen LogP contribution in [0.25, 0.3) is 0 Å². The molecule has 1 saturated heterocycles. The van der Waals surface area contributed by atoms with Crippen LogP contribution >= 0.6 is 0 Å². The van der Waals surface area contributed by atoms with E-state index in [9.17, 15) is 13.9 Å². The summed E-state index contributed by atoms with van der Waals surface area (Å²) in [5, 5.41) is 15.7. The molecule has 3 nitrogen and oxygen atoms in total. The third-order valence-corrected chi connectivity index (χ3v) is 2.96. The standard InChI is InChI=1S/C12H16F2N2O/c13-10-1-8(2-11(14)3-10)4-15-5-9-6-16-7-12(9)17/h1-3,9,12,15-17H,4-7H2. The number of hydrogen-bond acceptors (Lipinski definition) is 3. The number of hydrogen-bond donors (Lipinski definition) is 3. The molecule has 1 heterocycles. The average Bonchev–Trinajstić information content (AvgIpc) is 2.63. The highest BCUT2D eigenvalue weighted by Gasteiger charge is 2.23. The van der Waals surface area contributed by atoms with Crippen LogP contribution in [0.2, 0.25) is 0 Å². The SMILES string of the molecule is OC1CNCC1CNCc1cc(F)cc(F)c1. The van der Waals surface area contributed by atoms with Crippen LogP contribution in [0, 0.1) is 17.6 Å². The molecule has 0 amide bonds. The molecule has 1 fully saturated rings. The fourth-order valence-corrected chi connectivity index (χ4v) is 2.04. The molecule has 0 saturated carbocycles. The van der Waals surface area contributed by atoms with Gasteiger partial charge in [-0.3, -0.25) is 0 Å². The molecule has 1 aliphatic rings. The zero-order valence-corrected chi connectivity index (χ0v) is 9.42. The number of aliphatic hydroxyl groups is 1. The quantitative estimate of drug-likeness (QED) is 0.726. The molecule has 2 rings (SSSR count). The minimum absolute atomic E-state index is 0.161. The van der Waals surface area contributed by atoms with E-state index in [0.717, 1.165) is 12.6 Å². The van der Waals surface area contributed by atoms with Gasteiger partial charge in [0.1, 0.15) is 11.6 Å². The van der Waals surface area contributed by atoms with Crippen molar-refractivity contribution in [2.24, 2.45) is 5.92 Å². The lowest BCUT2D eigenvalue weighted by molar-refractivity contribution is 0.146. The topological polar surface area (TPSA) is 44.3 Å². The van der Waals surface area contributed by atoms with Crippen LogP contribution in [0.15, 0.2) is 18.2 Å². The van der Waals surface area contributed by atoms with Crippen molar-refractivity contribution in [2.45, 2.75) is 12.6 Å². The molecular weight excluding hydrogens is 226 g/mol. The highest BCUT2D eigenvalue weighted by atomic mass is 19.1. The monoisotopic (exact) mass is 242 g/mol. The lowest BCUT2D eigenvalue weighted by Crippen LogP contribution is -2.30. The summed E-state index contributed by atoms with van der Waals surface area (Å²) >= 11 is 0. The Balaban J connectivity index is 1.81. The molecule has 0 aromatic heterocycles. The Labute approximate surface area is 98.8 Å². The molecule has 2 unspecified atom stereocenters. The summed E-state index contributed by atoms with van der Waals surface area (Å²) in [6, 6.07) is 3.47. The highest BCUT2D eigenvalue weighted by molar-refractivity contribution is 5.17. The van der Waals surface area contributed by atoms with E-state index in [4.69, 9.17) is 0 Å². The van der Waals surface area contributed by atoms with Crippen LogP contribution in [0.1, 0.15) is 5.56 Å². The summed E-state index contributed by atoms with van der Waals surface area (Å²) in [6.45, 7) is 2.41. The van der Waals surface area contributed by atoms with Gasteiger partial charge in [0, 0.05) is 38.2 Å². The van der Waals surface area contributed by atoms with E-state index in [1.54, 1.807) is 0 Å². The van der Waals surface area contributed by atoms with Gasteiger partial charge in [-0.2, -0.15) is 0 Å². The number of rotatable bonds is 4. The van der Waals surface area contributed by atoms with E-state index in [2.05, 4.69) is 10.6 Å². The maximum Gasteiger partial charge on any atom is 0.126 e. The molecular formula is C12H16F2N2O. The van der Waals surface area contributed by atoms with Gasteiger partial charge in [-0.1, -0.05) is 0 Å². The summed E-state index contributed by atoms with van der Waals surface area (Å²) in [5.41, 5.74) is 0.572. The van der Waals surface area contributed by atoms with Gasteiger partial charge in [-0.15, -0.1) is 0 Å². The highest BCUT2D eigenvalue weighted by Crippen LogP contribution is 2.09. The molecule has 1 aromatic carbocycles. The Kier molecular flexibility index (Phi) is 4.04. The van der Waals surface area contributed by atoms with Gasteiger partial charge in [0.15, 0.2) is 0 Å². The molecule has 0 bridgehead atoms. The second kappa shape index (κ2) is 5.53. The third-order valence-electron chi connectivity index (χ3n) is 2.96. The summed E-state index contributed by atoms with van der Waals surface area (Å²) in [5.74, 6) is -0.970. The summed E-state index contributed by atoms with van der Waals surface area (Å²) in [4.78, 5) is 0. The number of β-amino-alcohol motifs (C(OH)–C–C–N with tert-alkyl or cyclic N) is 1. The molecule has 1 aromatic rings. The Morgan fingerprint density at radius 3 is 2.53 bits per heavy atom. The second-order valence-corrected chi connectivity index (χ2v) is 4.39. The minimum atomic E-state index is -0.565. The van der Waals surface area contributed by atoms with E-state index in [1.807, 2.05) is 0 Å². The van der Waals surface area contributed by atoms with E-state index in [-0.39, 0.29) is 12.0 Å². The predicted octanol–water partition coefficient (Wildman–Crippen LogP) is 0.635. The van der Waals surface area contributed by atoms with Gasteiger partial charge < -0.3 is 15.7 Å². The number of aliphatic hydroxyl groups excluding tert-OH is 1. The molecule has 3 N–H and O–H groups in total. The normalized spacial score (nSPS) is 24.2. The van der Waals surface area contributed by atoms with Crippen LogP contribution in [-0.4, -0.2) is 30.8 Å². The lowest BCUT2D eigenvalue weighted by atomic mass is 10.1. The number of halogens is 2. The zero-order chi connectivity index (χ0) is 12.3. The van der Waals surface area contributed by atoms with Gasteiger partial charge in [0.2, 0.25) is 0 Å². The van der Waals surface area contributed by atoms with Gasteiger partial charge in [0.25, 0.3) is 0 Å². The van der Waals surface area contributed by atoms with Crippen molar-refractivity contribution < 1.29 is 13.9 Å². The van der Waals surface area contributed by atoms with Crippen LogP contribution in [0.3, 0.4) is 0 Å². The van der Waals surface area contributed by atoms with Crippen molar-refractivity contribution >= 4 is 0 Å². The molecule has 94 valence electrons. The van der Waals surface area contributed by atoms with Crippen molar-refractivity contribution in [1.29, 1.82) is 0 Å².